The van der Waals surface area contributed by atoms with Crippen molar-refractivity contribution in [2.45, 2.75) is 26.3 Å². The van der Waals surface area contributed by atoms with Crippen LogP contribution >= 0.6 is 11.3 Å². The summed E-state index contributed by atoms with van der Waals surface area (Å²) in [5.41, 5.74) is 2.49. The molecule has 0 bridgehead atoms. The molecule has 0 aliphatic heterocycles. The van der Waals surface area contributed by atoms with Gasteiger partial charge in [-0.15, -0.1) is 11.3 Å². The fraction of sp³-hybridized carbons (Fsp3) is 0.312. The molecule has 1 aromatic carbocycles. The van der Waals surface area contributed by atoms with Crippen LogP contribution in [0.3, 0.4) is 0 Å². The van der Waals surface area contributed by atoms with Gasteiger partial charge in [-0.2, -0.15) is 0 Å². The number of hydrogen-bond acceptors (Lipinski definition) is 2. The minimum absolute atomic E-state index is 0.205. The van der Waals surface area contributed by atoms with Crippen molar-refractivity contribution in [1.82, 2.24) is 4.90 Å². The number of carbonyl (C=O) groups is 1. The molecule has 1 heterocycles. The molecule has 0 spiro atoms. The van der Waals surface area contributed by atoms with Gasteiger partial charge in [0.05, 0.1) is 6.54 Å². The van der Waals surface area contributed by atoms with Gasteiger partial charge in [-0.05, 0) is 35.9 Å². The van der Waals surface area contributed by atoms with Gasteiger partial charge < -0.3 is 4.90 Å². The summed E-state index contributed by atoms with van der Waals surface area (Å²) in [5.74, 6) is 0.205. The number of thiophene rings is 1. The monoisotopic (exact) mass is 273 g/mol. The Morgan fingerprint density at radius 2 is 1.95 bits per heavy atom. The van der Waals surface area contributed by atoms with Crippen molar-refractivity contribution in [1.29, 1.82) is 0 Å². The molecule has 0 unspecified atom stereocenters. The zero-order chi connectivity index (χ0) is 13.7. The Labute approximate surface area is 118 Å². The van der Waals surface area contributed by atoms with Crippen molar-refractivity contribution in [2.75, 3.05) is 7.05 Å². The second kappa shape index (κ2) is 6.53. The third-order valence-electron chi connectivity index (χ3n) is 3.25. The van der Waals surface area contributed by atoms with Crippen molar-refractivity contribution in [3.05, 3.63) is 57.8 Å². The van der Waals surface area contributed by atoms with E-state index in [0.29, 0.717) is 6.42 Å². The van der Waals surface area contributed by atoms with E-state index >= 15 is 0 Å². The van der Waals surface area contributed by atoms with Crippen molar-refractivity contribution < 1.29 is 4.79 Å². The Kier molecular flexibility index (Phi) is 4.74. The van der Waals surface area contributed by atoms with E-state index in [9.17, 15) is 4.79 Å². The van der Waals surface area contributed by atoms with Gasteiger partial charge in [0.25, 0.3) is 0 Å². The average molecular weight is 273 g/mol. The lowest BCUT2D eigenvalue weighted by atomic mass is 10.1. The first-order valence-corrected chi connectivity index (χ1v) is 7.35. The largest absolute Gasteiger partial charge is 0.341 e. The highest BCUT2D eigenvalue weighted by molar-refractivity contribution is 7.10. The molecule has 0 saturated carbocycles. The van der Waals surface area contributed by atoms with E-state index in [4.69, 9.17) is 0 Å². The van der Waals surface area contributed by atoms with E-state index in [1.54, 1.807) is 11.3 Å². The van der Waals surface area contributed by atoms with E-state index in [1.165, 1.54) is 16.0 Å². The molecule has 3 heteroatoms. The van der Waals surface area contributed by atoms with Crippen molar-refractivity contribution in [3.63, 3.8) is 0 Å². The van der Waals surface area contributed by atoms with E-state index in [2.05, 4.69) is 30.5 Å². The molecule has 100 valence electrons. The Balaban J connectivity index is 1.84. The summed E-state index contributed by atoms with van der Waals surface area (Å²) in [5, 5.41) is 2.08. The Bertz CT molecular complexity index is 533. The molecule has 1 aromatic heterocycles. The van der Waals surface area contributed by atoms with Crippen LogP contribution in [0.15, 0.2) is 41.8 Å². The first-order valence-electron chi connectivity index (χ1n) is 6.47. The van der Waals surface area contributed by atoms with Gasteiger partial charge >= 0.3 is 0 Å². The maximum Gasteiger partial charge on any atom is 0.222 e. The predicted molar refractivity (Wildman–Crippen MR) is 80.3 cm³/mol. The lowest BCUT2D eigenvalue weighted by Crippen LogP contribution is -2.26. The van der Waals surface area contributed by atoms with E-state index in [1.807, 2.05) is 30.1 Å². The SMILES string of the molecule is Cc1ccsc1CN(C)C(=O)CCc1ccccc1. The fourth-order valence-electron chi connectivity index (χ4n) is 1.96. The third-order valence-corrected chi connectivity index (χ3v) is 4.25. The molecule has 19 heavy (non-hydrogen) atoms. The summed E-state index contributed by atoms with van der Waals surface area (Å²) in [6.45, 7) is 2.81. The Hall–Kier alpha value is -1.61. The maximum atomic E-state index is 12.1. The number of carbonyl (C=O) groups excluding carboxylic acids is 1. The van der Waals surface area contributed by atoms with Crippen LogP contribution in [0.2, 0.25) is 0 Å². The second-order valence-electron chi connectivity index (χ2n) is 4.76. The molecule has 0 aliphatic rings. The molecule has 2 aromatic rings. The molecule has 1 amide bonds. The quantitative estimate of drug-likeness (QED) is 0.814. The Morgan fingerprint density at radius 3 is 2.58 bits per heavy atom. The highest BCUT2D eigenvalue weighted by Gasteiger charge is 2.11. The van der Waals surface area contributed by atoms with Gasteiger partial charge in [0.2, 0.25) is 5.91 Å². The van der Waals surface area contributed by atoms with Crippen LogP contribution < -0.4 is 0 Å². The van der Waals surface area contributed by atoms with Crippen LogP contribution in [0, 0.1) is 6.92 Å². The molecule has 0 saturated heterocycles. The summed E-state index contributed by atoms with van der Waals surface area (Å²) in [7, 11) is 1.88. The molecule has 0 fully saturated rings. The summed E-state index contributed by atoms with van der Waals surface area (Å²) in [6, 6.07) is 12.3. The Morgan fingerprint density at radius 1 is 1.21 bits per heavy atom. The molecule has 0 N–H and O–H groups in total. The number of amides is 1. The minimum atomic E-state index is 0.205. The van der Waals surface area contributed by atoms with Gasteiger partial charge in [-0.3, -0.25) is 4.79 Å². The third kappa shape index (κ3) is 3.93. The molecular formula is C16H19NOS. The van der Waals surface area contributed by atoms with Crippen LogP contribution in [0.1, 0.15) is 22.4 Å². The molecule has 2 rings (SSSR count). The molecule has 0 atom stereocenters. The van der Waals surface area contributed by atoms with Gasteiger partial charge in [0, 0.05) is 18.3 Å². The fourth-order valence-corrected chi connectivity index (χ4v) is 2.92. The van der Waals surface area contributed by atoms with Crippen molar-refractivity contribution in [3.8, 4) is 0 Å². The van der Waals surface area contributed by atoms with E-state index in [-0.39, 0.29) is 5.91 Å². The van der Waals surface area contributed by atoms with Gasteiger partial charge in [0.15, 0.2) is 0 Å². The van der Waals surface area contributed by atoms with Gasteiger partial charge in [0.1, 0.15) is 0 Å². The number of nitrogens with zero attached hydrogens (tertiary/aromatic N) is 1. The number of aryl methyl sites for hydroxylation is 2. The lowest BCUT2D eigenvalue weighted by Gasteiger charge is -2.16. The first kappa shape index (κ1) is 13.8. The normalized spacial score (nSPS) is 10.4. The van der Waals surface area contributed by atoms with E-state index in [0.717, 1.165) is 13.0 Å². The summed E-state index contributed by atoms with van der Waals surface area (Å²) < 4.78 is 0. The zero-order valence-electron chi connectivity index (χ0n) is 11.4. The molecular weight excluding hydrogens is 254 g/mol. The number of rotatable bonds is 5. The number of benzene rings is 1. The topological polar surface area (TPSA) is 20.3 Å². The highest BCUT2D eigenvalue weighted by Crippen LogP contribution is 2.17. The van der Waals surface area contributed by atoms with E-state index < -0.39 is 0 Å². The average Bonchev–Trinajstić information content (AvgIpc) is 2.82. The van der Waals surface area contributed by atoms with Crippen LogP contribution in [-0.4, -0.2) is 17.9 Å². The molecule has 0 radical (unpaired) electrons. The summed E-state index contributed by atoms with van der Waals surface area (Å²) in [4.78, 5) is 15.2. The highest BCUT2D eigenvalue weighted by atomic mass is 32.1. The minimum Gasteiger partial charge on any atom is -0.341 e. The lowest BCUT2D eigenvalue weighted by molar-refractivity contribution is -0.130. The molecule has 0 aliphatic carbocycles. The second-order valence-corrected chi connectivity index (χ2v) is 5.76. The zero-order valence-corrected chi connectivity index (χ0v) is 12.2. The molecule has 2 nitrogen and oxygen atoms in total. The maximum absolute atomic E-state index is 12.1. The summed E-state index contributed by atoms with van der Waals surface area (Å²) in [6.07, 6.45) is 1.39. The van der Waals surface area contributed by atoms with Crippen molar-refractivity contribution >= 4 is 17.2 Å². The smallest absolute Gasteiger partial charge is 0.222 e. The van der Waals surface area contributed by atoms with Crippen LogP contribution in [0.4, 0.5) is 0 Å². The first-order chi connectivity index (χ1) is 9.16. The number of hydrogen-bond donors (Lipinski definition) is 0. The summed E-state index contributed by atoms with van der Waals surface area (Å²) >= 11 is 1.72. The van der Waals surface area contributed by atoms with Crippen LogP contribution in [0.25, 0.3) is 0 Å². The van der Waals surface area contributed by atoms with Crippen molar-refractivity contribution in [2.24, 2.45) is 0 Å². The van der Waals surface area contributed by atoms with Crippen LogP contribution in [-0.2, 0) is 17.8 Å². The van der Waals surface area contributed by atoms with Gasteiger partial charge in [-0.25, -0.2) is 0 Å². The standard InChI is InChI=1S/C16H19NOS/c1-13-10-11-19-15(13)12-17(2)16(18)9-8-14-6-4-3-5-7-14/h3-7,10-11H,8-9,12H2,1-2H3. The predicted octanol–water partition coefficient (Wildman–Crippen LogP) is 3.65. The van der Waals surface area contributed by atoms with Crippen LogP contribution in [0.5, 0.6) is 0 Å². The van der Waals surface area contributed by atoms with Gasteiger partial charge in [-0.1, -0.05) is 30.3 Å².